The second-order valence-corrected chi connectivity index (χ2v) is 5.73. The monoisotopic (exact) mass is 334 g/mol. The van der Waals surface area contributed by atoms with E-state index in [4.69, 9.17) is 26.4 Å². The molecule has 3 atom stereocenters. The summed E-state index contributed by atoms with van der Waals surface area (Å²) >= 11 is 5.49. The van der Waals surface area contributed by atoms with E-state index in [9.17, 15) is 4.79 Å². The minimum absolute atomic E-state index is 0.0995. The van der Waals surface area contributed by atoms with Crippen molar-refractivity contribution in [2.45, 2.75) is 24.9 Å². The van der Waals surface area contributed by atoms with Crippen molar-refractivity contribution in [3.05, 3.63) is 29.0 Å². The smallest absolute Gasteiger partial charge is 0.221 e. The number of carbonyl (C=O) groups is 1. The number of hydrogen-bond donors (Lipinski definition) is 0. The number of methoxy groups -OCH3 is 1. The summed E-state index contributed by atoms with van der Waals surface area (Å²) < 4.78 is 19.6. The first-order valence-corrected chi connectivity index (χ1v) is 7.57. The third-order valence-electron chi connectivity index (χ3n) is 4.04. The standard InChI is InChI=1S/C14H14N4O4S/c1-20-11-5-3-2-4-8(11)17-14(23)18(16-15-17)9-6-10(19)13-21-7-12(9)22-13/h2-5,9,12-13H,6-7H2,1H3/t9-,12+,13+/m0/s1. The third kappa shape index (κ3) is 2.28. The molecule has 0 N–H and O–H groups in total. The molecule has 0 spiro atoms. The van der Waals surface area contributed by atoms with Crippen LogP contribution in [0.25, 0.3) is 5.69 Å². The summed E-state index contributed by atoms with van der Waals surface area (Å²) in [6.07, 6.45) is -0.712. The van der Waals surface area contributed by atoms with Crippen LogP contribution in [0.4, 0.5) is 0 Å². The van der Waals surface area contributed by atoms with E-state index < -0.39 is 6.29 Å². The Labute approximate surface area is 136 Å². The molecule has 23 heavy (non-hydrogen) atoms. The first-order chi connectivity index (χ1) is 11.2. The van der Waals surface area contributed by atoms with E-state index >= 15 is 0 Å². The first-order valence-electron chi connectivity index (χ1n) is 7.16. The van der Waals surface area contributed by atoms with Gasteiger partial charge in [0, 0.05) is 6.42 Å². The van der Waals surface area contributed by atoms with Crippen LogP contribution in [0.1, 0.15) is 12.5 Å². The predicted octanol–water partition coefficient (Wildman–Crippen LogP) is 1.06. The SMILES string of the molecule is COc1ccccc1-n1nnn([C@H]2CC(=O)[C@@H]3OC[C@H]2O3)c1=S. The fraction of sp³-hybridized carbons (Fsp3) is 0.429. The summed E-state index contributed by atoms with van der Waals surface area (Å²) in [5, 5.41) is 8.24. The Morgan fingerprint density at radius 3 is 3.00 bits per heavy atom. The van der Waals surface area contributed by atoms with Gasteiger partial charge < -0.3 is 14.2 Å². The zero-order valence-corrected chi connectivity index (χ0v) is 13.1. The van der Waals surface area contributed by atoms with Crippen molar-refractivity contribution >= 4 is 18.0 Å². The molecule has 2 saturated heterocycles. The number of Topliss-reactive ketones (excluding diaryl/α,β-unsaturated/α-hetero) is 1. The molecule has 0 aliphatic carbocycles. The highest BCUT2D eigenvalue weighted by molar-refractivity contribution is 7.71. The van der Waals surface area contributed by atoms with Crippen LogP contribution in [0.3, 0.4) is 0 Å². The van der Waals surface area contributed by atoms with Gasteiger partial charge in [-0.15, -0.1) is 0 Å². The van der Waals surface area contributed by atoms with Crippen molar-refractivity contribution in [1.29, 1.82) is 0 Å². The molecule has 0 amide bonds. The van der Waals surface area contributed by atoms with Gasteiger partial charge in [-0.3, -0.25) is 4.79 Å². The molecule has 1 aromatic heterocycles. The third-order valence-corrected chi connectivity index (χ3v) is 4.40. The quantitative estimate of drug-likeness (QED) is 0.777. The van der Waals surface area contributed by atoms with Crippen LogP contribution in [0.5, 0.6) is 5.75 Å². The molecule has 4 rings (SSSR count). The summed E-state index contributed by atoms with van der Waals surface area (Å²) in [7, 11) is 1.58. The van der Waals surface area contributed by atoms with Crippen LogP contribution >= 0.6 is 12.2 Å². The summed E-state index contributed by atoms with van der Waals surface area (Å²) in [6.45, 7) is 0.352. The van der Waals surface area contributed by atoms with E-state index in [1.807, 2.05) is 24.3 Å². The fourth-order valence-corrected chi connectivity index (χ4v) is 3.20. The van der Waals surface area contributed by atoms with Gasteiger partial charge in [0.15, 0.2) is 5.78 Å². The van der Waals surface area contributed by atoms with Gasteiger partial charge in [0.1, 0.15) is 17.5 Å². The highest BCUT2D eigenvalue weighted by Gasteiger charge is 2.45. The number of carbonyl (C=O) groups excluding carboxylic acids is 1. The van der Waals surface area contributed by atoms with E-state index in [2.05, 4.69) is 10.4 Å². The molecule has 2 aromatic rings. The largest absolute Gasteiger partial charge is 0.494 e. The van der Waals surface area contributed by atoms with Crippen LogP contribution in [0.15, 0.2) is 24.3 Å². The Bertz CT molecular complexity index is 817. The van der Waals surface area contributed by atoms with Gasteiger partial charge in [0.05, 0.1) is 19.8 Å². The number of rotatable bonds is 3. The molecular weight excluding hydrogens is 320 g/mol. The maximum absolute atomic E-state index is 12.0. The zero-order chi connectivity index (χ0) is 16.0. The topological polar surface area (TPSA) is 80.4 Å². The van der Waals surface area contributed by atoms with Gasteiger partial charge in [-0.25, -0.2) is 4.68 Å². The van der Waals surface area contributed by atoms with Crippen molar-refractivity contribution in [3.8, 4) is 11.4 Å². The van der Waals surface area contributed by atoms with Crippen molar-refractivity contribution < 1.29 is 19.0 Å². The van der Waals surface area contributed by atoms with Crippen LogP contribution in [0, 0.1) is 4.77 Å². The summed E-state index contributed by atoms with van der Waals surface area (Å²) in [6, 6.07) is 7.07. The minimum Gasteiger partial charge on any atom is -0.494 e. The van der Waals surface area contributed by atoms with E-state index in [1.54, 1.807) is 11.8 Å². The number of nitrogens with zero attached hydrogens (tertiary/aromatic N) is 4. The van der Waals surface area contributed by atoms with Gasteiger partial charge in [0.25, 0.3) is 0 Å². The number of ether oxygens (including phenoxy) is 3. The second-order valence-electron chi connectivity index (χ2n) is 5.37. The number of tetrazole rings is 1. The molecule has 0 saturated carbocycles. The average molecular weight is 334 g/mol. The van der Waals surface area contributed by atoms with Crippen LogP contribution < -0.4 is 4.74 Å². The molecule has 1 aromatic carbocycles. The summed E-state index contributed by atoms with van der Waals surface area (Å²) in [5.41, 5.74) is 0.690. The number of ketones is 1. The van der Waals surface area contributed by atoms with Gasteiger partial charge in [-0.05, 0) is 34.8 Å². The number of aromatic nitrogens is 4. The summed E-state index contributed by atoms with van der Waals surface area (Å²) in [4.78, 5) is 12.0. The number of fused-ring (bicyclic) bond motifs is 2. The Balaban J connectivity index is 1.74. The second kappa shape index (κ2) is 5.52. The molecule has 2 aliphatic heterocycles. The van der Waals surface area contributed by atoms with Crippen LogP contribution in [0.2, 0.25) is 0 Å². The highest BCUT2D eigenvalue weighted by atomic mass is 32.1. The average Bonchev–Trinajstić information content (AvgIpc) is 3.16. The number of hydrogen-bond acceptors (Lipinski definition) is 7. The molecule has 2 bridgehead atoms. The number of para-hydroxylation sites is 2. The van der Waals surface area contributed by atoms with Crippen molar-refractivity contribution in [1.82, 2.24) is 19.8 Å². The zero-order valence-electron chi connectivity index (χ0n) is 12.3. The highest BCUT2D eigenvalue weighted by Crippen LogP contribution is 2.33. The Kier molecular flexibility index (Phi) is 3.47. The normalized spacial score (nSPS) is 26.5. The van der Waals surface area contributed by atoms with E-state index in [0.717, 1.165) is 0 Å². The molecule has 3 heterocycles. The van der Waals surface area contributed by atoms with Crippen LogP contribution in [-0.2, 0) is 14.3 Å². The van der Waals surface area contributed by atoms with Crippen molar-refractivity contribution in [3.63, 3.8) is 0 Å². The van der Waals surface area contributed by atoms with E-state index in [1.165, 1.54) is 4.68 Å². The Morgan fingerprint density at radius 1 is 1.35 bits per heavy atom. The lowest BCUT2D eigenvalue weighted by Gasteiger charge is -2.25. The first kappa shape index (κ1) is 14.5. The van der Waals surface area contributed by atoms with E-state index in [-0.39, 0.29) is 24.3 Å². The lowest BCUT2D eigenvalue weighted by atomic mass is 10.0. The van der Waals surface area contributed by atoms with Crippen LogP contribution in [-0.4, -0.2) is 51.7 Å². The van der Waals surface area contributed by atoms with Gasteiger partial charge >= 0.3 is 0 Å². The van der Waals surface area contributed by atoms with Gasteiger partial charge in [-0.1, -0.05) is 12.1 Å². The number of benzene rings is 1. The molecular formula is C14H14N4O4S. The van der Waals surface area contributed by atoms with Gasteiger partial charge in [0.2, 0.25) is 11.1 Å². The lowest BCUT2D eigenvalue weighted by molar-refractivity contribution is -0.156. The summed E-state index contributed by atoms with van der Waals surface area (Å²) in [5.74, 6) is 0.536. The maximum atomic E-state index is 12.0. The molecule has 2 fully saturated rings. The van der Waals surface area contributed by atoms with Crippen molar-refractivity contribution in [2.24, 2.45) is 0 Å². The lowest BCUT2D eigenvalue weighted by Crippen LogP contribution is -2.37. The molecule has 0 unspecified atom stereocenters. The minimum atomic E-state index is -0.741. The molecule has 120 valence electrons. The van der Waals surface area contributed by atoms with Crippen molar-refractivity contribution in [2.75, 3.05) is 13.7 Å². The molecule has 9 heteroatoms. The molecule has 8 nitrogen and oxygen atoms in total. The molecule has 0 radical (unpaired) electrons. The predicted molar refractivity (Wildman–Crippen MR) is 80.0 cm³/mol. The Morgan fingerprint density at radius 2 is 2.17 bits per heavy atom. The molecule has 2 aliphatic rings. The maximum Gasteiger partial charge on any atom is 0.221 e. The van der Waals surface area contributed by atoms with Gasteiger partial charge in [-0.2, -0.15) is 4.68 Å². The fourth-order valence-electron chi connectivity index (χ4n) is 2.89. The Hall–Kier alpha value is -2.10. The van der Waals surface area contributed by atoms with E-state index in [0.29, 0.717) is 22.8 Å².